The quantitative estimate of drug-likeness (QED) is 0.0701. The number of ether oxygens (including phenoxy) is 5. The molecule has 0 aliphatic heterocycles. The Balaban J connectivity index is 1.06. The SMILES string of the molecule is CN(CCOCCOCCOCCOCCOCCN=[N+]=[N-])c1ccc(-c2cc(=O)c3ccc4[nH]cnc4c3o2)cc1. The second kappa shape index (κ2) is 17.1. The van der Waals surface area contributed by atoms with Crippen molar-refractivity contribution in [2.45, 2.75) is 0 Å². The van der Waals surface area contributed by atoms with E-state index < -0.39 is 0 Å². The molecule has 0 saturated carbocycles. The molecule has 0 radical (unpaired) electrons. The van der Waals surface area contributed by atoms with Gasteiger partial charge >= 0.3 is 0 Å². The molecular weight excluding hydrogens is 544 g/mol. The molecule has 2 aromatic heterocycles. The number of anilines is 1. The summed E-state index contributed by atoms with van der Waals surface area (Å²) < 4.78 is 33.4. The van der Waals surface area contributed by atoms with E-state index in [0.29, 0.717) is 101 Å². The van der Waals surface area contributed by atoms with Crippen molar-refractivity contribution in [1.29, 1.82) is 0 Å². The Kier molecular flexibility index (Phi) is 12.6. The standard InChI is InChI=1S/C29H36N6O7/c1-35(9-11-38-13-15-40-17-19-41-18-16-39-14-12-37-10-8-33-34-30)23-4-2-22(3-5-23)27-20-26(36)24-6-7-25-28(29(24)42-27)32-21-31-25/h2-7,20-21H,8-19H2,1H3,(H,31,32). The molecule has 0 bridgehead atoms. The molecule has 1 N–H and O–H groups in total. The average molecular weight is 581 g/mol. The van der Waals surface area contributed by atoms with Gasteiger partial charge in [0.05, 0.1) is 83.3 Å². The fraction of sp³-hybridized carbons (Fsp3) is 0.448. The number of azide groups is 1. The minimum Gasteiger partial charge on any atom is -0.453 e. The predicted octanol–water partition coefficient (Wildman–Crippen LogP) is 4.17. The first-order chi connectivity index (χ1) is 20.7. The maximum absolute atomic E-state index is 12.7. The van der Waals surface area contributed by atoms with Crippen molar-refractivity contribution < 1.29 is 28.1 Å². The molecule has 13 nitrogen and oxygen atoms in total. The highest BCUT2D eigenvalue weighted by atomic mass is 16.6. The number of benzene rings is 2. The molecule has 0 saturated heterocycles. The number of imidazole rings is 1. The number of H-pyrrole nitrogens is 1. The van der Waals surface area contributed by atoms with E-state index in [1.807, 2.05) is 37.4 Å². The molecule has 0 fully saturated rings. The Hall–Kier alpha value is -3.97. The number of rotatable bonds is 20. The van der Waals surface area contributed by atoms with Crippen LogP contribution in [0.5, 0.6) is 0 Å². The topological polar surface area (TPSA) is 157 Å². The number of aromatic amines is 1. The zero-order valence-electron chi connectivity index (χ0n) is 23.7. The second-order valence-electron chi connectivity index (χ2n) is 9.20. The number of likely N-dealkylation sites (N-methyl/N-ethyl adjacent to an activating group) is 1. The van der Waals surface area contributed by atoms with Gasteiger partial charge in [0.1, 0.15) is 11.3 Å². The fourth-order valence-electron chi connectivity index (χ4n) is 4.10. The van der Waals surface area contributed by atoms with Gasteiger partial charge in [-0.3, -0.25) is 4.79 Å². The van der Waals surface area contributed by atoms with E-state index in [1.165, 1.54) is 6.07 Å². The summed E-state index contributed by atoms with van der Waals surface area (Å²) in [5, 5.41) is 3.89. The van der Waals surface area contributed by atoms with Crippen LogP contribution in [0, 0.1) is 0 Å². The molecule has 4 aromatic rings. The van der Waals surface area contributed by atoms with Gasteiger partial charge in [-0.25, -0.2) is 4.98 Å². The van der Waals surface area contributed by atoms with E-state index in [0.717, 1.165) is 16.8 Å². The van der Waals surface area contributed by atoms with Gasteiger partial charge in [0.25, 0.3) is 0 Å². The van der Waals surface area contributed by atoms with Gasteiger partial charge in [0.15, 0.2) is 11.0 Å². The Morgan fingerprint density at radius 1 is 0.881 bits per heavy atom. The molecule has 0 spiro atoms. The molecule has 0 atom stereocenters. The van der Waals surface area contributed by atoms with E-state index in [1.54, 1.807) is 12.4 Å². The number of hydrogen-bond acceptors (Lipinski definition) is 10. The van der Waals surface area contributed by atoms with Crippen LogP contribution >= 0.6 is 0 Å². The van der Waals surface area contributed by atoms with Gasteiger partial charge in [-0.05, 0) is 41.9 Å². The lowest BCUT2D eigenvalue weighted by atomic mass is 10.1. The number of hydrogen-bond donors (Lipinski definition) is 1. The number of nitrogens with zero attached hydrogens (tertiary/aromatic N) is 5. The van der Waals surface area contributed by atoms with Crippen molar-refractivity contribution in [2.24, 2.45) is 5.11 Å². The summed E-state index contributed by atoms with van der Waals surface area (Å²) in [5.74, 6) is 0.501. The molecule has 0 aliphatic rings. The fourth-order valence-corrected chi connectivity index (χ4v) is 4.10. The van der Waals surface area contributed by atoms with Gasteiger partial charge in [0, 0.05) is 42.4 Å². The number of aromatic nitrogens is 2. The first-order valence-electron chi connectivity index (χ1n) is 13.8. The molecule has 2 heterocycles. The van der Waals surface area contributed by atoms with E-state index in [2.05, 4.69) is 24.9 Å². The molecule has 2 aromatic carbocycles. The lowest BCUT2D eigenvalue weighted by Gasteiger charge is -2.19. The molecule has 42 heavy (non-hydrogen) atoms. The van der Waals surface area contributed by atoms with Crippen LogP contribution in [0.4, 0.5) is 5.69 Å². The van der Waals surface area contributed by atoms with Gasteiger partial charge in [-0.1, -0.05) is 5.11 Å². The van der Waals surface area contributed by atoms with Crippen LogP contribution in [0.1, 0.15) is 0 Å². The third kappa shape index (κ3) is 9.28. The van der Waals surface area contributed by atoms with E-state index in [-0.39, 0.29) is 5.43 Å². The third-order valence-corrected chi connectivity index (χ3v) is 6.34. The van der Waals surface area contributed by atoms with Crippen LogP contribution in [-0.4, -0.2) is 96.2 Å². The summed E-state index contributed by atoms with van der Waals surface area (Å²) in [6.07, 6.45) is 1.59. The van der Waals surface area contributed by atoms with Crippen molar-refractivity contribution in [3.05, 3.63) is 69.5 Å². The van der Waals surface area contributed by atoms with E-state index in [4.69, 9.17) is 33.6 Å². The second-order valence-corrected chi connectivity index (χ2v) is 9.20. The van der Waals surface area contributed by atoms with Crippen molar-refractivity contribution in [3.8, 4) is 11.3 Å². The zero-order chi connectivity index (χ0) is 29.4. The van der Waals surface area contributed by atoms with Crippen LogP contribution in [-0.2, 0) is 23.7 Å². The van der Waals surface area contributed by atoms with Crippen LogP contribution in [0.15, 0.2) is 63.1 Å². The third-order valence-electron chi connectivity index (χ3n) is 6.34. The highest BCUT2D eigenvalue weighted by Crippen LogP contribution is 2.27. The average Bonchev–Trinajstić information content (AvgIpc) is 3.50. The van der Waals surface area contributed by atoms with Crippen molar-refractivity contribution in [2.75, 3.05) is 91.1 Å². The Morgan fingerprint density at radius 2 is 1.50 bits per heavy atom. The van der Waals surface area contributed by atoms with Crippen LogP contribution < -0.4 is 10.3 Å². The lowest BCUT2D eigenvalue weighted by Crippen LogP contribution is -2.23. The monoisotopic (exact) mass is 580 g/mol. The summed E-state index contributed by atoms with van der Waals surface area (Å²) in [7, 11) is 2.00. The highest BCUT2D eigenvalue weighted by Gasteiger charge is 2.12. The first-order valence-corrected chi connectivity index (χ1v) is 13.8. The molecule has 0 amide bonds. The smallest absolute Gasteiger partial charge is 0.193 e. The van der Waals surface area contributed by atoms with Gasteiger partial charge in [-0.15, -0.1) is 0 Å². The molecule has 13 heteroatoms. The van der Waals surface area contributed by atoms with Crippen molar-refractivity contribution in [3.63, 3.8) is 0 Å². The van der Waals surface area contributed by atoms with E-state index >= 15 is 0 Å². The highest BCUT2D eigenvalue weighted by molar-refractivity contribution is 6.00. The minimum absolute atomic E-state index is 0.101. The molecule has 4 rings (SSSR count). The predicted molar refractivity (Wildman–Crippen MR) is 159 cm³/mol. The van der Waals surface area contributed by atoms with Crippen LogP contribution in [0.25, 0.3) is 43.8 Å². The molecule has 224 valence electrons. The van der Waals surface area contributed by atoms with E-state index in [9.17, 15) is 4.79 Å². The minimum atomic E-state index is -0.101. The summed E-state index contributed by atoms with van der Waals surface area (Å²) in [6, 6.07) is 13.0. The Labute approximate surface area is 242 Å². The molecule has 0 unspecified atom stereocenters. The normalized spacial score (nSPS) is 11.3. The Bertz CT molecular complexity index is 1480. The maximum atomic E-state index is 12.7. The summed E-state index contributed by atoms with van der Waals surface area (Å²) in [5.41, 5.74) is 11.8. The van der Waals surface area contributed by atoms with Crippen LogP contribution in [0.3, 0.4) is 0 Å². The van der Waals surface area contributed by atoms with Gasteiger partial charge in [0.2, 0.25) is 0 Å². The van der Waals surface area contributed by atoms with Gasteiger partial charge < -0.3 is 38.0 Å². The van der Waals surface area contributed by atoms with Crippen LogP contribution in [0.2, 0.25) is 0 Å². The largest absolute Gasteiger partial charge is 0.453 e. The summed E-state index contributed by atoms with van der Waals surface area (Å²) >= 11 is 0. The number of fused-ring (bicyclic) bond motifs is 3. The molecular formula is C29H36N6O7. The summed E-state index contributed by atoms with van der Waals surface area (Å²) in [6.45, 7) is 5.84. The lowest BCUT2D eigenvalue weighted by molar-refractivity contribution is -0.0100. The summed E-state index contributed by atoms with van der Waals surface area (Å²) in [4.78, 5) is 24.8. The Morgan fingerprint density at radius 3 is 2.14 bits per heavy atom. The van der Waals surface area contributed by atoms with Gasteiger partial charge in [-0.2, -0.15) is 0 Å². The van der Waals surface area contributed by atoms with Crippen molar-refractivity contribution in [1.82, 2.24) is 9.97 Å². The zero-order valence-corrected chi connectivity index (χ0v) is 23.7. The maximum Gasteiger partial charge on any atom is 0.193 e. The van der Waals surface area contributed by atoms with Crippen molar-refractivity contribution >= 4 is 27.7 Å². The first kappa shape index (κ1) is 31.0. The molecule has 0 aliphatic carbocycles. The number of nitrogens with one attached hydrogen (secondary N) is 1.